The van der Waals surface area contributed by atoms with Crippen LogP contribution in [0, 0.1) is 6.92 Å². The second-order valence-corrected chi connectivity index (χ2v) is 3.84. The van der Waals surface area contributed by atoms with E-state index >= 15 is 0 Å². The normalized spacial score (nSPS) is 11.1. The van der Waals surface area contributed by atoms with Gasteiger partial charge in [0.25, 0.3) is 0 Å². The van der Waals surface area contributed by atoms with Crippen molar-refractivity contribution < 1.29 is 4.74 Å². The van der Waals surface area contributed by atoms with E-state index in [0.717, 1.165) is 6.61 Å². The monoisotopic (exact) mass is 203 g/mol. The van der Waals surface area contributed by atoms with Crippen molar-refractivity contribution in [1.29, 1.82) is 0 Å². The summed E-state index contributed by atoms with van der Waals surface area (Å²) < 4.78 is 7.66. The number of aromatic nitrogens is 1. The van der Waals surface area contributed by atoms with E-state index < -0.39 is 0 Å². The lowest BCUT2D eigenvalue weighted by molar-refractivity contribution is 0.129. The van der Waals surface area contributed by atoms with Gasteiger partial charge in [0, 0.05) is 30.3 Å². The summed E-state index contributed by atoms with van der Waals surface area (Å²) in [6, 6.07) is 8.62. The van der Waals surface area contributed by atoms with E-state index in [0.29, 0.717) is 6.61 Å². The summed E-state index contributed by atoms with van der Waals surface area (Å²) in [5, 5.41) is 1.33. The van der Waals surface area contributed by atoms with E-state index in [1.54, 1.807) is 0 Å². The molecular formula is C13H17NO. The highest BCUT2D eigenvalue weighted by Crippen LogP contribution is 2.22. The lowest BCUT2D eigenvalue weighted by atomic mass is 10.1. The van der Waals surface area contributed by atoms with Crippen LogP contribution in [0.1, 0.15) is 18.2 Å². The van der Waals surface area contributed by atoms with Gasteiger partial charge in [-0.25, -0.2) is 0 Å². The van der Waals surface area contributed by atoms with Gasteiger partial charge in [0.15, 0.2) is 0 Å². The highest BCUT2D eigenvalue weighted by molar-refractivity contribution is 5.84. The van der Waals surface area contributed by atoms with Gasteiger partial charge in [-0.1, -0.05) is 12.1 Å². The molecule has 0 aliphatic rings. The Morgan fingerprint density at radius 3 is 2.80 bits per heavy atom. The number of hydrogen-bond donors (Lipinski definition) is 0. The van der Waals surface area contributed by atoms with Crippen LogP contribution in [0.5, 0.6) is 0 Å². The third-order valence-corrected chi connectivity index (χ3v) is 2.86. The SMILES string of the molecule is CCOCc1cc2c(C)cccc2n1C. The highest BCUT2D eigenvalue weighted by atomic mass is 16.5. The molecule has 2 nitrogen and oxygen atoms in total. The first-order chi connectivity index (χ1) is 7.24. The van der Waals surface area contributed by atoms with E-state index in [4.69, 9.17) is 4.74 Å². The molecule has 2 heteroatoms. The maximum absolute atomic E-state index is 5.45. The molecule has 80 valence electrons. The minimum absolute atomic E-state index is 0.696. The molecule has 0 saturated carbocycles. The van der Waals surface area contributed by atoms with Gasteiger partial charge in [-0.3, -0.25) is 0 Å². The molecule has 0 aliphatic heterocycles. The fourth-order valence-electron chi connectivity index (χ4n) is 1.91. The van der Waals surface area contributed by atoms with Crippen molar-refractivity contribution in [2.75, 3.05) is 6.61 Å². The van der Waals surface area contributed by atoms with Crippen molar-refractivity contribution >= 4 is 10.9 Å². The van der Waals surface area contributed by atoms with Crippen LogP contribution in [0.4, 0.5) is 0 Å². The number of benzene rings is 1. The van der Waals surface area contributed by atoms with Gasteiger partial charge in [-0.15, -0.1) is 0 Å². The Labute approximate surface area is 90.5 Å². The molecule has 0 bridgehead atoms. The zero-order valence-corrected chi connectivity index (χ0v) is 9.58. The van der Waals surface area contributed by atoms with Crippen molar-refractivity contribution in [3.05, 3.63) is 35.5 Å². The van der Waals surface area contributed by atoms with Crippen LogP contribution < -0.4 is 0 Å². The van der Waals surface area contributed by atoms with Gasteiger partial charge in [0.1, 0.15) is 0 Å². The molecule has 0 amide bonds. The van der Waals surface area contributed by atoms with Crippen LogP contribution in [0.3, 0.4) is 0 Å². The number of hydrogen-bond acceptors (Lipinski definition) is 1. The molecule has 0 N–H and O–H groups in total. The minimum Gasteiger partial charge on any atom is -0.376 e. The molecule has 2 aromatic rings. The summed E-state index contributed by atoms with van der Waals surface area (Å²) >= 11 is 0. The number of aryl methyl sites for hydroxylation is 2. The smallest absolute Gasteiger partial charge is 0.0867 e. The minimum atomic E-state index is 0.696. The van der Waals surface area contributed by atoms with E-state index in [1.165, 1.54) is 22.2 Å². The fourth-order valence-corrected chi connectivity index (χ4v) is 1.91. The highest BCUT2D eigenvalue weighted by Gasteiger charge is 2.06. The molecule has 2 rings (SSSR count). The average molecular weight is 203 g/mol. The predicted octanol–water partition coefficient (Wildman–Crippen LogP) is 3.02. The lowest BCUT2D eigenvalue weighted by Gasteiger charge is -2.03. The van der Waals surface area contributed by atoms with Crippen LogP contribution in [0.15, 0.2) is 24.3 Å². The predicted molar refractivity (Wildman–Crippen MR) is 63.0 cm³/mol. The van der Waals surface area contributed by atoms with Gasteiger partial charge in [-0.05, 0) is 31.5 Å². The Kier molecular flexibility index (Phi) is 2.78. The second-order valence-electron chi connectivity index (χ2n) is 3.84. The molecule has 0 fully saturated rings. The molecule has 0 unspecified atom stereocenters. The summed E-state index contributed by atoms with van der Waals surface area (Å²) in [5.41, 5.74) is 3.84. The van der Waals surface area contributed by atoms with Gasteiger partial charge in [0.05, 0.1) is 6.61 Å². The molecule has 0 atom stereocenters. The first-order valence-electron chi connectivity index (χ1n) is 5.35. The van der Waals surface area contributed by atoms with Crippen LogP contribution in [-0.2, 0) is 18.4 Å². The van der Waals surface area contributed by atoms with Gasteiger partial charge < -0.3 is 9.30 Å². The van der Waals surface area contributed by atoms with Crippen molar-refractivity contribution in [2.24, 2.45) is 7.05 Å². The molecule has 0 saturated heterocycles. The average Bonchev–Trinajstić information content (AvgIpc) is 2.55. The number of fused-ring (bicyclic) bond motifs is 1. The fraction of sp³-hybridized carbons (Fsp3) is 0.385. The molecule has 15 heavy (non-hydrogen) atoms. The zero-order valence-electron chi connectivity index (χ0n) is 9.58. The van der Waals surface area contributed by atoms with E-state index in [2.05, 4.69) is 42.8 Å². The number of rotatable bonds is 3. The Hall–Kier alpha value is -1.28. The van der Waals surface area contributed by atoms with Gasteiger partial charge in [0.2, 0.25) is 0 Å². The molecule has 1 heterocycles. The molecular weight excluding hydrogens is 186 g/mol. The Morgan fingerprint density at radius 1 is 1.33 bits per heavy atom. The first-order valence-corrected chi connectivity index (χ1v) is 5.35. The summed E-state index contributed by atoms with van der Waals surface area (Å²) in [4.78, 5) is 0. The third kappa shape index (κ3) is 1.77. The Morgan fingerprint density at radius 2 is 2.13 bits per heavy atom. The first kappa shape index (κ1) is 10.2. The van der Waals surface area contributed by atoms with Crippen molar-refractivity contribution in [2.45, 2.75) is 20.5 Å². The summed E-state index contributed by atoms with van der Waals surface area (Å²) in [6.07, 6.45) is 0. The van der Waals surface area contributed by atoms with Crippen molar-refractivity contribution in [1.82, 2.24) is 4.57 Å². The maximum Gasteiger partial charge on any atom is 0.0867 e. The van der Waals surface area contributed by atoms with Crippen molar-refractivity contribution in [3.8, 4) is 0 Å². The summed E-state index contributed by atoms with van der Waals surface area (Å²) in [7, 11) is 2.09. The van der Waals surface area contributed by atoms with Crippen LogP contribution in [0.2, 0.25) is 0 Å². The third-order valence-electron chi connectivity index (χ3n) is 2.86. The second kappa shape index (κ2) is 4.07. The largest absolute Gasteiger partial charge is 0.376 e. The quantitative estimate of drug-likeness (QED) is 0.748. The topological polar surface area (TPSA) is 14.2 Å². The van der Waals surface area contributed by atoms with E-state index in [9.17, 15) is 0 Å². The number of nitrogens with zero attached hydrogens (tertiary/aromatic N) is 1. The van der Waals surface area contributed by atoms with Crippen molar-refractivity contribution in [3.63, 3.8) is 0 Å². The molecule has 1 aromatic carbocycles. The molecule has 0 spiro atoms. The summed E-state index contributed by atoms with van der Waals surface area (Å²) in [6.45, 7) is 5.63. The van der Waals surface area contributed by atoms with Crippen LogP contribution in [0.25, 0.3) is 10.9 Å². The molecule has 1 aromatic heterocycles. The Bertz CT molecular complexity index is 471. The number of ether oxygens (including phenoxy) is 1. The van der Waals surface area contributed by atoms with Gasteiger partial charge in [-0.2, -0.15) is 0 Å². The zero-order chi connectivity index (χ0) is 10.8. The standard InChI is InChI=1S/C13H17NO/c1-4-15-9-11-8-12-10(2)6-5-7-13(12)14(11)3/h5-8H,4,9H2,1-3H3. The van der Waals surface area contributed by atoms with Gasteiger partial charge >= 0.3 is 0 Å². The van der Waals surface area contributed by atoms with Crippen LogP contribution >= 0.6 is 0 Å². The van der Waals surface area contributed by atoms with E-state index in [1.807, 2.05) is 6.92 Å². The molecule has 0 radical (unpaired) electrons. The molecule has 0 aliphatic carbocycles. The lowest BCUT2D eigenvalue weighted by Crippen LogP contribution is -1.98. The van der Waals surface area contributed by atoms with E-state index in [-0.39, 0.29) is 0 Å². The maximum atomic E-state index is 5.45. The Balaban J connectivity index is 2.49. The van der Waals surface area contributed by atoms with Crippen LogP contribution in [-0.4, -0.2) is 11.2 Å². The summed E-state index contributed by atoms with van der Waals surface area (Å²) in [5.74, 6) is 0.